The predicted octanol–water partition coefficient (Wildman–Crippen LogP) is 6.09. The topological polar surface area (TPSA) is 95.2 Å². The van der Waals surface area contributed by atoms with Crippen molar-refractivity contribution in [3.8, 4) is 28.1 Å². The minimum Gasteiger partial charge on any atom is -0.507 e. The van der Waals surface area contributed by atoms with Gasteiger partial charge in [0.15, 0.2) is 0 Å². The maximum absolute atomic E-state index is 13.3. The first-order chi connectivity index (χ1) is 19.9. The number of hydrogen-bond acceptors (Lipinski definition) is 4. The number of benzene rings is 3. The molecule has 208 valence electrons. The van der Waals surface area contributed by atoms with Crippen LogP contribution in [0.4, 0.5) is 4.39 Å². The lowest BCUT2D eigenvalue weighted by atomic mass is 9.74. The highest BCUT2D eigenvalue weighted by molar-refractivity contribution is 5.89. The van der Waals surface area contributed by atoms with Gasteiger partial charge in [-0.1, -0.05) is 48.5 Å². The van der Waals surface area contributed by atoms with Crippen molar-refractivity contribution < 1.29 is 14.3 Å². The number of aromatic nitrogens is 2. The number of nitrogens with zero attached hydrogens (tertiary/aromatic N) is 2. The van der Waals surface area contributed by atoms with Crippen LogP contribution in [-0.4, -0.2) is 45.5 Å². The van der Waals surface area contributed by atoms with Crippen LogP contribution in [0, 0.1) is 11.2 Å². The number of phenols is 1. The van der Waals surface area contributed by atoms with Crippen molar-refractivity contribution in [1.29, 1.82) is 0 Å². The Morgan fingerprint density at radius 1 is 0.976 bits per heavy atom. The molecule has 1 saturated heterocycles. The zero-order chi connectivity index (χ0) is 28.4. The highest BCUT2D eigenvalue weighted by Gasteiger charge is 2.35. The first kappa shape index (κ1) is 26.7. The number of H-pyrrole nitrogens is 1. The summed E-state index contributed by atoms with van der Waals surface area (Å²) in [5.74, 6) is 0.0640. The number of phenolic OH excluding ortho intramolecular Hbond substituents is 1. The van der Waals surface area contributed by atoms with Gasteiger partial charge in [-0.3, -0.25) is 9.78 Å². The van der Waals surface area contributed by atoms with Crippen molar-refractivity contribution in [2.75, 3.05) is 19.6 Å². The molecular formula is C34H33FN4O2. The van der Waals surface area contributed by atoms with E-state index in [1.54, 1.807) is 12.4 Å². The first-order valence-corrected chi connectivity index (χ1v) is 14.0. The number of aromatic amines is 1. The number of carbonyl (C=O) groups excluding carboxylic acids is 1. The molecule has 0 unspecified atom stereocenters. The lowest BCUT2D eigenvalue weighted by Gasteiger charge is -2.41. The molecule has 0 atom stereocenters. The predicted molar refractivity (Wildman–Crippen MR) is 160 cm³/mol. The number of halogens is 1. The molecule has 1 aliphatic rings. The number of likely N-dealkylation sites (tertiary alicyclic amines) is 1. The second kappa shape index (κ2) is 11.2. The zero-order valence-electron chi connectivity index (χ0n) is 22.8. The van der Waals surface area contributed by atoms with Gasteiger partial charge in [-0.05, 0) is 78.2 Å². The summed E-state index contributed by atoms with van der Waals surface area (Å²) in [6, 6.07) is 24.1. The van der Waals surface area contributed by atoms with Crippen molar-refractivity contribution in [3.05, 3.63) is 108 Å². The minimum absolute atomic E-state index is 0.0729. The average Bonchev–Trinajstić information content (AvgIpc) is 3.43. The Kier molecular flexibility index (Phi) is 7.28. The number of piperidine rings is 1. The third kappa shape index (κ3) is 5.58. The number of rotatable bonds is 7. The van der Waals surface area contributed by atoms with Crippen LogP contribution in [0.1, 0.15) is 24.0 Å². The minimum atomic E-state index is -0.238. The Bertz CT molecular complexity index is 1640. The molecule has 5 aromatic rings. The molecule has 2 aromatic heterocycles. The van der Waals surface area contributed by atoms with Gasteiger partial charge in [0.2, 0.25) is 5.91 Å². The summed E-state index contributed by atoms with van der Waals surface area (Å²) in [6.45, 7) is 1.87. The molecule has 0 bridgehead atoms. The van der Waals surface area contributed by atoms with Gasteiger partial charge in [0.1, 0.15) is 11.6 Å². The Labute approximate surface area is 238 Å². The van der Waals surface area contributed by atoms with Gasteiger partial charge in [-0.2, -0.15) is 0 Å². The number of hydrogen-bond donors (Lipinski definition) is 3. The second-order valence-electron chi connectivity index (χ2n) is 11.1. The van der Waals surface area contributed by atoms with Crippen LogP contribution < -0.4 is 5.73 Å². The number of para-hydroxylation sites is 1. The van der Waals surface area contributed by atoms with E-state index in [9.17, 15) is 14.3 Å². The van der Waals surface area contributed by atoms with Crippen LogP contribution in [0.3, 0.4) is 0 Å². The van der Waals surface area contributed by atoms with E-state index in [4.69, 9.17) is 5.73 Å². The van der Waals surface area contributed by atoms with Crippen LogP contribution in [-0.2, 0) is 17.6 Å². The Morgan fingerprint density at radius 2 is 1.68 bits per heavy atom. The molecule has 6 rings (SSSR count). The molecule has 3 heterocycles. The number of pyridine rings is 1. The number of carbonyl (C=O) groups is 1. The van der Waals surface area contributed by atoms with Gasteiger partial charge in [0, 0.05) is 35.8 Å². The van der Waals surface area contributed by atoms with Crippen molar-refractivity contribution in [2.24, 2.45) is 11.1 Å². The largest absolute Gasteiger partial charge is 0.507 e. The molecular weight excluding hydrogens is 515 g/mol. The smallest absolute Gasteiger partial charge is 0.226 e. The van der Waals surface area contributed by atoms with E-state index in [1.807, 2.05) is 71.6 Å². The van der Waals surface area contributed by atoms with Crippen LogP contribution in [0.5, 0.6) is 5.75 Å². The summed E-state index contributed by atoms with van der Waals surface area (Å²) in [7, 11) is 0. The van der Waals surface area contributed by atoms with Gasteiger partial charge >= 0.3 is 0 Å². The number of nitrogens with two attached hydrogens (primary N) is 1. The standard InChI is InChI=1S/C34H33FN4O2/c35-27-10-6-24(7-11-27)20-34(22-36)13-16-39(17-14-34)32(40)18-23-4-8-25(9-5-23)28-2-1-3-29(33(28)41)30-19-26-12-15-37-21-31(26)38-30/h1-12,15,19,21,38,41H,13-14,16-18,20,22,36H2. The summed E-state index contributed by atoms with van der Waals surface area (Å²) in [5.41, 5.74) is 12.2. The van der Waals surface area contributed by atoms with Gasteiger partial charge < -0.3 is 20.7 Å². The molecule has 4 N–H and O–H groups in total. The molecule has 41 heavy (non-hydrogen) atoms. The molecule has 0 radical (unpaired) electrons. The highest BCUT2D eigenvalue weighted by atomic mass is 19.1. The zero-order valence-corrected chi connectivity index (χ0v) is 22.8. The SMILES string of the molecule is NCC1(Cc2ccc(F)cc2)CCN(C(=O)Cc2ccc(-c3cccc(-c4cc5ccncc5[nH]4)c3O)cc2)CC1. The molecule has 1 fully saturated rings. The van der Waals surface area contributed by atoms with Crippen LogP contribution in [0.25, 0.3) is 33.3 Å². The van der Waals surface area contributed by atoms with E-state index < -0.39 is 0 Å². The van der Waals surface area contributed by atoms with E-state index in [1.165, 1.54) is 12.1 Å². The van der Waals surface area contributed by atoms with E-state index in [2.05, 4.69) is 9.97 Å². The lowest BCUT2D eigenvalue weighted by molar-refractivity contribution is -0.132. The van der Waals surface area contributed by atoms with E-state index in [-0.39, 0.29) is 22.9 Å². The molecule has 6 nitrogen and oxygen atoms in total. The van der Waals surface area contributed by atoms with Crippen molar-refractivity contribution in [1.82, 2.24) is 14.9 Å². The second-order valence-corrected chi connectivity index (χ2v) is 11.1. The fraction of sp³-hybridized carbons (Fsp3) is 0.235. The summed E-state index contributed by atoms with van der Waals surface area (Å²) < 4.78 is 13.3. The fourth-order valence-electron chi connectivity index (χ4n) is 5.92. The van der Waals surface area contributed by atoms with Gasteiger partial charge in [-0.15, -0.1) is 0 Å². The van der Waals surface area contributed by atoms with E-state index in [0.29, 0.717) is 26.1 Å². The molecule has 7 heteroatoms. The number of aromatic hydroxyl groups is 1. The van der Waals surface area contributed by atoms with E-state index in [0.717, 1.165) is 63.7 Å². The average molecular weight is 549 g/mol. The first-order valence-electron chi connectivity index (χ1n) is 14.0. The van der Waals surface area contributed by atoms with Crippen LogP contribution in [0.15, 0.2) is 91.3 Å². The molecule has 1 amide bonds. The maximum Gasteiger partial charge on any atom is 0.226 e. The Balaban J connectivity index is 1.11. The highest BCUT2D eigenvalue weighted by Crippen LogP contribution is 2.39. The summed E-state index contributed by atoms with van der Waals surface area (Å²) in [5, 5.41) is 12.2. The summed E-state index contributed by atoms with van der Waals surface area (Å²) in [4.78, 5) is 22.6. The van der Waals surface area contributed by atoms with Crippen LogP contribution in [0.2, 0.25) is 0 Å². The fourth-order valence-corrected chi connectivity index (χ4v) is 5.92. The summed E-state index contributed by atoms with van der Waals surface area (Å²) in [6.07, 6.45) is 6.29. The normalized spacial score (nSPS) is 14.8. The Morgan fingerprint density at radius 3 is 2.39 bits per heavy atom. The van der Waals surface area contributed by atoms with Crippen LogP contribution >= 0.6 is 0 Å². The van der Waals surface area contributed by atoms with Gasteiger partial charge in [-0.25, -0.2) is 4.39 Å². The molecule has 3 aromatic carbocycles. The van der Waals surface area contributed by atoms with Crippen molar-refractivity contribution >= 4 is 16.8 Å². The monoisotopic (exact) mass is 548 g/mol. The van der Waals surface area contributed by atoms with Gasteiger partial charge in [0.05, 0.1) is 23.8 Å². The molecule has 0 aliphatic carbocycles. The molecule has 1 aliphatic heterocycles. The van der Waals surface area contributed by atoms with Gasteiger partial charge in [0.25, 0.3) is 0 Å². The third-order valence-corrected chi connectivity index (χ3v) is 8.47. The number of fused-ring (bicyclic) bond motifs is 1. The van der Waals surface area contributed by atoms with Crippen molar-refractivity contribution in [2.45, 2.75) is 25.7 Å². The Hall–Kier alpha value is -4.49. The number of nitrogens with one attached hydrogen (secondary N) is 1. The molecule has 0 saturated carbocycles. The summed E-state index contributed by atoms with van der Waals surface area (Å²) >= 11 is 0. The third-order valence-electron chi connectivity index (χ3n) is 8.47. The van der Waals surface area contributed by atoms with E-state index >= 15 is 0 Å². The molecule has 0 spiro atoms. The quantitative estimate of drug-likeness (QED) is 0.229. The lowest BCUT2D eigenvalue weighted by Crippen LogP contribution is -2.47. The number of amides is 1. The van der Waals surface area contributed by atoms with Crippen molar-refractivity contribution in [3.63, 3.8) is 0 Å². The maximum atomic E-state index is 13.3.